The molecule has 0 atom stereocenters. The van der Waals surface area contributed by atoms with E-state index in [9.17, 15) is 9.59 Å². The molecular weight excluding hydrogens is 352 g/mol. The van der Waals surface area contributed by atoms with Gasteiger partial charge in [0.1, 0.15) is 6.61 Å². The second kappa shape index (κ2) is 5.83. The van der Waals surface area contributed by atoms with Crippen LogP contribution in [-0.4, -0.2) is 29.7 Å². The summed E-state index contributed by atoms with van der Waals surface area (Å²) >= 11 is 0. The number of carbonyl (C=O) groups excluding carboxylic acids is 2. The van der Waals surface area contributed by atoms with Crippen LogP contribution in [0.1, 0.15) is 35.3 Å². The predicted octanol–water partition coefficient (Wildman–Crippen LogP) is 3.84. The molecule has 0 saturated carbocycles. The number of Topliss-reactive ketones (excluding diaryl/α,β-unsaturated/α-hetero) is 1. The number of benzene rings is 2. The zero-order valence-corrected chi connectivity index (χ0v) is 15.7. The summed E-state index contributed by atoms with van der Waals surface area (Å²) in [5, 5.41) is 0. The second-order valence-electron chi connectivity index (χ2n) is 7.74. The van der Waals surface area contributed by atoms with E-state index < -0.39 is 5.41 Å². The Morgan fingerprint density at radius 1 is 0.964 bits per heavy atom. The number of allylic oxidation sites excluding steroid dienone is 1. The lowest BCUT2D eigenvalue weighted by Gasteiger charge is -2.26. The van der Waals surface area contributed by atoms with Crippen molar-refractivity contribution in [1.29, 1.82) is 0 Å². The SMILES string of the molecule is CC1(C)C(=O)N=C2C1=C(OCC1=Nc3ccccc3C1)C(=O)c1ccccc12. The van der Waals surface area contributed by atoms with E-state index in [0.29, 0.717) is 28.8 Å². The van der Waals surface area contributed by atoms with Crippen molar-refractivity contribution in [2.75, 3.05) is 6.61 Å². The summed E-state index contributed by atoms with van der Waals surface area (Å²) in [5.74, 6) is -0.246. The summed E-state index contributed by atoms with van der Waals surface area (Å²) in [5.41, 5.74) is 4.40. The number of amides is 1. The highest BCUT2D eigenvalue weighted by molar-refractivity contribution is 6.34. The first kappa shape index (κ1) is 16.8. The minimum atomic E-state index is -0.895. The fourth-order valence-corrected chi connectivity index (χ4v) is 3.99. The Hall–Kier alpha value is -3.34. The monoisotopic (exact) mass is 370 g/mol. The molecule has 3 aliphatic rings. The molecule has 0 spiro atoms. The van der Waals surface area contributed by atoms with Crippen LogP contribution in [0.2, 0.25) is 0 Å². The maximum absolute atomic E-state index is 13.2. The van der Waals surface area contributed by atoms with Gasteiger partial charge < -0.3 is 4.74 Å². The van der Waals surface area contributed by atoms with E-state index in [1.807, 2.05) is 36.4 Å². The molecule has 0 bridgehead atoms. The molecule has 28 heavy (non-hydrogen) atoms. The van der Waals surface area contributed by atoms with E-state index in [1.165, 1.54) is 0 Å². The van der Waals surface area contributed by atoms with Crippen LogP contribution < -0.4 is 0 Å². The van der Waals surface area contributed by atoms with Crippen molar-refractivity contribution in [2.24, 2.45) is 15.4 Å². The first-order valence-electron chi connectivity index (χ1n) is 9.26. The summed E-state index contributed by atoms with van der Waals surface area (Å²) < 4.78 is 6.03. The fraction of sp³-hybridized carbons (Fsp3) is 0.217. The van der Waals surface area contributed by atoms with Crippen molar-refractivity contribution >= 4 is 28.8 Å². The lowest BCUT2D eigenvalue weighted by atomic mass is 9.76. The van der Waals surface area contributed by atoms with Gasteiger partial charge in [-0.2, -0.15) is 0 Å². The van der Waals surface area contributed by atoms with Gasteiger partial charge >= 0.3 is 0 Å². The first-order valence-corrected chi connectivity index (χ1v) is 9.26. The molecule has 0 N–H and O–H groups in total. The molecular formula is C23H18N2O3. The Morgan fingerprint density at radius 2 is 1.68 bits per heavy atom. The van der Waals surface area contributed by atoms with Gasteiger partial charge in [-0.3, -0.25) is 14.6 Å². The number of hydrogen-bond acceptors (Lipinski definition) is 4. The number of hydrogen-bond donors (Lipinski definition) is 0. The summed E-state index contributed by atoms with van der Waals surface area (Å²) in [6.45, 7) is 3.78. The third-order valence-electron chi connectivity index (χ3n) is 5.52. The Kier molecular flexibility index (Phi) is 3.50. The lowest BCUT2D eigenvalue weighted by Crippen LogP contribution is -2.31. The van der Waals surface area contributed by atoms with Gasteiger partial charge in [-0.25, -0.2) is 4.99 Å². The van der Waals surface area contributed by atoms with E-state index in [-0.39, 0.29) is 24.1 Å². The van der Waals surface area contributed by atoms with Crippen LogP contribution in [0, 0.1) is 5.41 Å². The van der Waals surface area contributed by atoms with E-state index in [2.05, 4.69) is 9.98 Å². The first-order chi connectivity index (χ1) is 13.5. The normalized spacial score (nSPS) is 19.1. The van der Waals surface area contributed by atoms with Gasteiger partial charge in [-0.05, 0) is 25.5 Å². The van der Waals surface area contributed by atoms with Crippen LogP contribution in [-0.2, 0) is 16.0 Å². The number of rotatable bonds is 3. The van der Waals surface area contributed by atoms with Crippen molar-refractivity contribution < 1.29 is 14.3 Å². The van der Waals surface area contributed by atoms with E-state index in [4.69, 9.17) is 4.74 Å². The molecule has 0 radical (unpaired) electrons. The van der Waals surface area contributed by atoms with Gasteiger partial charge in [0.25, 0.3) is 5.91 Å². The molecule has 5 nitrogen and oxygen atoms in total. The zero-order valence-electron chi connectivity index (χ0n) is 15.7. The van der Waals surface area contributed by atoms with Crippen LogP contribution >= 0.6 is 0 Å². The minimum Gasteiger partial charge on any atom is -0.483 e. The number of para-hydroxylation sites is 1. The highest BCUT2D eigenvalue weighted by atomic mass is 16.5. The third-order valence-corrected chi connectivity index (χ3v) is 5.52. The molecule has 5 rings (SSSR count). The van der Waals surface area contributed by atoms with E-state index in [1.54, 1.807) is 26.0 Å². The van der Waals surface area contributed by atoms with E-state index in [0.717, 1.165) is 17.0 Å². The van der Waals surface area contributed by atoms with Gasteiger partial charge in [0, 0.05) is 23.1 Å². The largest absolute Gasteiger partial charge is 0.483 e. The fourth-order valence-electron chi connectivity index (χ4n) is 3.99. The molecule has 0 fully saturated rings. The molecule has 2 aliphatic heterocycles. The maximum atomic E-state index is 13.2. The van der Waals surface area contributed by atoms with Gasteiger partial charge in [-0.15, -0.1) is 0 Å². The highest BCUT2D eigenvalue weighted by Crippen LogP contribution is 2.43. The highest BCUT2D eigenvalue weighted by Gasteiger charge is 2.48. The van der Waals surface area contributed by atoms with Crippen molar-refractivity contribution in [3.8, 4) is 0 Å². The molecule has 1 aliphatic carbocycles. The number of carbonyl (C=O) groups is 2. The average Bonchev–Trinajstić information content (AvgIpc) is 3.21. The Labute approximate surface area is 162 Å². The maximum Gasteiger partial charge on any atom is 0.256 e. The molecule has 2 heterocycles. The lowest BCUT2D eigenvalue weighted by molar-refractivity contribution is -0.123. The molecule has 0 unspecified atom stereocenters. The number of aliphatic imine (C=N–C) groups is 2. The van der Waals surface area contributed by atoms with Crippen LogP contribution in [0.3, 0.4) is 0 Å². The van der Waals surface area contributed by atoms with Crippen LogP contribution in [0.25, 0.3) is 0 Å². The van der Waals surface area contributed by atoms with Crippen molar-refractivity contribution in [3.63, 3.8) is 0 Å². The molecule has 5 heteroatoms. The van der Waals surface area contributed by atoms with Gasteiger partial charge in [0.2, 0.25) is 5.78 Å². The Bertz CT molecular complexity index is 1150. The molecule has 2 aromatic rings. The molecule has 138 valence electrons. The van der Waals surface area contributed by atoms with Crippen molar-refractivity contribution in [1.82, 2.24) is 0 Å². The summed E-state index contributed by atoms with van der Waals surface area (Å²) in [4.78, 5) is 34.6. The van der Waals surface area contributed by atoms with Gasteiger partial charge in [0.15, 0.2) is 5.76 Å². The molecule has 0 aromatic heterocycles. The van der Waals surface area contributed by atoms with Crippen LogP contribution in [0.5, 0.6) is 0 Å². The smallest absolute Gasteiger partial charge is 0.256 e. The average molecular weight is 370 g/mol. The summed E-state index contributed by atoms with van der Waals surface area (Å²) in [6.07, 6.45) is 0.701. The summed E-state index contributed by atoms with van der Waals surface area (Å²) in [6, 6.07) is 15.2. The number of nitrogens with zero attached hydrogens (tertiary/aromatic N) is 2. The molecule has 1 amide bonds. The summed E-state index contributed by atoms with van der Waals surface area (Å²) in [7, 11) is 0. The van der Waals surface area contributed by atoms with Gasteiger partial charge in [-0.1, -0.05) is 42.5 Å². The van der Waals surface area contributed by atoms with Crippen molar-refractivity contribution in [2.45, 2.75) is 20.3 Å². The molecule has 0 saturated heterocycles. The number of fused-ring (bicyclic) bond motifs is 4. The zero-order chi connectivity index (χ0) is 19.5. The standard InChI is InChI=1S/C23H18N2O3/c1-23(2)18-19(25-22(23)27)15-8-4-5-9-16(15)20(26)21(18)28-12-14-11-13-7-3-6-10-17(13)24-14/h3-10H,11-12H2,1-2H3. The number of ketones is 1. The van der Waals surface area contributed by atoms with Crippen LogP contribution in [0.15, 0.2) is 69.8 Å². The molecule has 2 aromatic carbocycles. The Morgan fingerprint density at radius 3 is 2.46 bits per heavy atom. The topological polar surface area (TPSA) is 68.1 Å². The number of ether oxygens (including phenoxy) is 1. The van der Waals surface area contributed by atoms with Gasteiger partial charge in [0.05, 0.1) is 22.5 Å². The minimum absolute atomic E-state index is 0.205. The second-order valence-corrected chi connectivity index (χ2v) is 7.74. The van der Waals surface area contributed by atoms with Crippen LogP contribution in [0.4, 0.5) is 5.69 Å². The quantitative estimate of drug-likeness (QED) is 0.824. The van der Waals surface area contributed by atoms with Crippen molar-refractivity contribution in [3.05, 3.63) is 76.6 Å². The Balaban J connectivity index is 1.53. The third kappa shape index (κ3) is 2.32. The van der Waals surface area contributed by atoms with E-state index >= 15 is 0 Å². The predicted molar refractivity (Wildman–Crippen MR) is 106 cm³/mol.